The Morgan fingerprint density at radius 1 is 1.29 bits per heavy atom. The molecule has 1 heterocycles. The number of hydrogen-bond acceptors (Lipinski definition) is 3. The molecule has 3 atom stereocenters. The Hall–Kier alpha value is -1.55. The molecule has 132 valence electrons. The van der Waals surface area contributed by atoms with Crippen molar-refractivity contribution >= 4 is 5.91 Å². The van der Waals surface area contributed by atoms with Gasteiger partial charge in [-0.25, -0.2) is 0 Å². The zero-order chi connectivity index (χ0) is 17.2. The van der Waals surface area contributed by atoms with Crippen LogP contribution in [0.25, 0.3) is 0 Å². The number of hydrogen-bond donors (Lipinski definition) is 1. The van der Waals surface area contributed by atoms with Crippen molar-refractivity contribution in [3.63, 3.8) is 0 Å². The molecule has 1 aromatic rings. The summed E-state index contributed by atoms with van der Waals surface area (Å²) in [7, 11) is 0. The van der Waals surface area contributed by atoms with Crippen molar-refractivity contribution in [2.45, 2.75) is 64.0 Å². The van der Waals surface area contributed by atoms with Crippen molar-refractivity contribution < 1.29 is 14.6 Å². The number of aliphatic hydroxyl groups is 1. The number of piperidine rings is 1. The van der Waals surface area contributed by atoms with Gasteiger partial charge in [0.1, 0.15) is 5.75 Å². The highest BCUT2D eigenvalue weighted by Gasteiger charge is 2.50. The molecule has 4 heteroatoms. The van der Waals surface area contributed by atoms with Gasteiger partial charge >= 0.3 is 0 Å². The van der Waals surface area contributed by atoms with E-state index in [1.54, 1.807) is 0 Å². The Bertz CT molecular complexity index is 588. The second kappa shape index (κ2) is 7.14. The monoisotopic (exact) mass is 331 g/mol. The van der Waals surface area contributed by atoms with E-state index < -0.39 is 5.60 Å². The summed E-state index contributed by atoms with van der Waals surface area (Å²) in [6, 6.07) is 7.93. The standard InChI is InChI=1S/C20H29NO3/c1-3-18(22)21-14-13-20(23)12-8-7-10-16(20)19(21)15-9-5-6-11-17(15)24-4-2/h5-6,9,11,16,19,23H,3-4,7-8,10,12-14H2,1-2H3/t16-,19+,20+/m0/s1. The van der Waals surface area contributed by atoms with Crippen molar-refractivity contribution in [2.75, 3.05) is 13.2 Å². The Morgan fingerprint density at radius 2 is 2.08 bits per heavy atom. The number of carbonyl (C=O) groups is 1. The lowest BCUT2D eigenvalue weighted by Gasteiger charge is -2.52. The summed E-state index contributed by atoms with van der Waals surface area (Å²) in [4.78, 5) is 14.6. The van der Waals surface area contributed by atoms with Gasteiger partial charge in [0.05, 0.1) is 18.2 Å². The molecule has 0 aromatic heterocycles. The second-order valence-electron chi connectivity index (χ2n) is 7.06. The van der Waals surface area contributed by atoms with E-state index in [-0.39, 0.29) is 17.9 Å². The van der Waals surface area contributed by atoms with Crippen LogP contribution in [0.1, 0.15) is 64.0 Å². The van der Waals surface area contributed by atoms with Crippen LogP contribution < -0.4 is 4.74 Å². The summed E-state index contributed by atoms with van der Waals surface area (Å²) in [6.45, 7) is 5.12. The van der Waals surface area contributed by atoms with Gasteiger partial charge in [0.25, 0.3) is 0 Å². The largest absolute Gasteiger partial charge is 0.494 e. The summed E-state index contributed by atoms with van der Waals surface area (Å²) < 4.78 is 5.84. The zero-order valence-electron chi connectivity index (χ0n) is 14.8. The second-order valence-corrected chi connectivity index (χ2v) is 7.06. The van der Waals surface area contributed by atoms with E-state index in [2.05, 4.69) is 6.07 Å². The number of likely N-dealkylation sites (tertiary alicyclic amines) is 1. The first-order valence-electron chi connectivity index (χ1n) is 9.34. The number of ether oxygens (including phenoxy) is 1. The third-order valence-corrected chi connectivity index (χ3v) is 5.73. The highest BCUT2D eigenvalue weighted by atomic mass is 16.5. The Morgan fingerprint density at radius 3 is 2.83 bits per heavy atom. The van der Waals surface area contributed by atoms with E-state index in [0.717, 1.165) is 37.0 Å². The maximum absolute atomic E-state index is 12.6. The van der Waals surface area contributed by atoms with E-state index in [9.17, 15) is 9.90 Å². The molecule has 1 saturated heterocycles. The van der Waals surface area contributed by atoms with Crippen LogP contribution in [0.4, 0.5) is 0 Å². The summed E-state index contributed by atoms with van der Waals surface area (Å²) in [5.41, 5.74) is 0.401. The molecule has 3 rings (SSSR count). The first kappa shape index (κ1) is 17.3. The number of carbonyl (C=O) groups excluding carboxylic acids is 1. The van der Waals surface area contributed by atoms with Gasteiger partial charge in [-0.3, -0.25) is 4.79 Å². The van der Waals surface area contributed by atoms with Gasteiger partial charge in [-0.05, 0) is 32.3 Å². The van der Waals surface area contributed by atoms with Gasteiger partial charge in [-0.2, -0.15) is 0 Å². The SMILES string of the molecule is CCOc1ccccc1[C@@H]1[C@@H]2CCCC[C@@]2(O)CCN1C(=O)CC. The Labute approximate surface area is 144 Å². The average Bonchev–Trinajstić information content (AvgIpc) is 2.60. The van der Waals surface area contributed by atoms with E-state index >= 15 is 0 Å². The van der Waals surface area contributed by atoms with Gasteiger partial charge < -0.3 is 14.7 Å². The lowest BCUT2D eigenvalue weighted by atomic mass is 9.66. The molecule has 1 aliphatic carbocycles. The predicted molar refractivity (Wildman–Crippen MR) is 93.9 cm³/mol. The first-order chi connectivity index (χ1) is 11.6. The summed E-state index contributed by atoms with van der Waals surface area (Å²) >= 11 is 0. The van der Waals surface area contributed by atoms with E-state index in [1.165, 1.54) is 0 Å². The number of nitrogens with zero attached hydrogens (tertiary/aromatic N) is 1. The lowest BCUT2D eigenvalue weighted by molar-refractivity contribution is -0.155. The minimum absolute atomic E-state index is 0.0840. The molecule has 1 N–H and O–H groups in total. The number of benzene rings is 1. The van der Waals surface area contributed by atoms with E-state index in [0.29, 0.717) is 26.0 Å². The van der Waals surface area contributed by atoms with Crippen molar-refractivity contribution in [1.29, 1.82) is 0 Å². The van der Waals surface area contributed by atoms with Crippen LogP contribution in [0.5, 0.6) is 5.75 Å². The van der Waals surface area contributed by atoms with Crippen molar-refractivity contribution in [3.8, 4) is 5.75 Å². The summed E-state index contributed by atoms with van der Waals surface area (Å²) in [5.74, 6) is 1.10. The van der Waals surface area contributed by atoms with Crippen LogP contribution in [0.15, 0.2) is 24.3 Å². The molecule has 1 aromatic carbocycles. The fourth-order valence-corrected chi connectivity index (χ4v) is 4.56. The molecule has 1 amide bonds. The van der Waals surface area contributed by atoms with Crippen molar-refractivity contribution in [2.24, 2.45) is 5.92 Å². The molecule has 0 unspecified atom stereocenters. The normalized spacial score (nSPS) is 29.9. The molecule has 1 aliphatic heterocycles. The average molecular weight is 331 g/mol. The lowest BCUT2D eigenvalue weighted by Crippen LogP contribution is -2.56. The molecular formula is C20H29NO3. The molecule has 4 nitrogen and oxygen atoms in total. The van der Waals surface area contributed by atoms with Crippen LogP contribution >= 0.6 is 0 Å². The summed E-state index contributed by atoms with van der Waals surface area (Å²) in [5, 5.41) is 11.2. The van der Waals surface area contributed by atoms with Crippen LogP contribution in [0.3, 0.4) is 0 Å². The van der Waals surface area contributed by atoms with Gasteiger partial charge in [0.2, 0.25) is 5.91 Å². The molecule has 1 saturated carbocycles. The quantitative estimate of drug-likeness (QED) is 0.915. The molecule has 0 spiro atoms. The van der Waals surface area contributed by atoms with Crippen molar-refractivity contribution in [3.05, 3.63) is 29.8 Å². The highest BCUT2D eigenvalue weighted by Crippen LogP contribution is 2.50. The third kappa shape index (κ3) is 3.04. The zero-order valence-corrected chi connectivity index (χ0v) is 14.8. The fraction of sp³-hybridized carbons (Fsp3) is 0.650. The van der Waals surface area contributed by atoms with Crippen LogP contribution in [0.2, 0.25) is 0 Å². The van der Waals surface area contributed by atoms with Gasteiger partial charge in [-0.15, -0.1) is 0 Å². The molecular weight excluding hydrogens is 302 g/mol. The summed E-state index contributed by atoms with van der Waals surface area (Å²) in [6.07, 6.45) is 5.20. The van der Waals surface area contributed by atoms with E-state index in [4.69, 9.17) is 4.74 Å². The number of fused-ring (bicyclic) bond motifs is 1. The maximum Gasteiger partial charge on any atom is 0.222 e. The third-order valence-electron chi connectivity index (χ3n) is 5.73. The van der Waals surface area contributed by atoms with Crippen LogP contribution in [0, 0.1) is 5.92 Å². The van der Waals surface area contributed by atoms with E-state index in [1.807, 2.05) is 36.9 Å². The van der Waals surface area contributed by atoms with Crippen molar-refractivity contribution in [1.82, 2.24) is 4.90 Å². The molecule has 24 heavy (non-hydrogen) atoms. The molecule has 2 aliphatic rings. The number of amides is 1. The van der Waals surface area contributed by atoms with Crippen LogP contribution in [-0.4, -0.2) is 34.7 Å². The minimum atomic E-state index is -0.646. The van der Waals surface area contributed by atoms with Crippen LogP contribution in [-0.2, 0) is 4.79 Å². The predicted octanol–water partition coefficient (Wildman–Crippen LogP) is 3.69. The van der Waals surface area contributed by atoms with Gasteiger partial charge in [0.15, 0.2) is 0 Å². The highest BCUT2D eigenvalue weighted by molar-refractivity contribution is 5.76. The number of para-hydroxylation sites is 1. The topological polar surface area (TPSA) is 49.8 Å². The maximum atomic E-state index is 12.6. The van der Waals surface area contributed by atoms with Gasteiger partial charge in [-0.1, -0.05) is 38.0 Å². The molecule has 0 bridgehead atoms. The first-order valence-corrected chi connectivity index (χ1v) is 9.34. The Balaban J connectivity index is 2.05. The number of rotatable bonds is 4. The Kier molecular flexibility index (Phi) is 5.14. The molecule has 2 fully saturated rings. The fourth-order valence-electron chi connectivity index (χ4n) is 4.56. The smallest absolute Gasteiger partial charge is 0.222 e. The minimum Gasteiger partial charge on any atom is -0.494 e. The van der Waals surface area contributed by atoms with Gasteiger partial charge in [0, 0.05) is 24.4 Å². The molecule has 0 radical (unpaired) electrons.